The molecular weight excluding hydrogens is 514 g/mol. The number of methoxy groups -OCH3 is 3. The highest BCUT2D eigenvalue weighted by molar-refractivity contribution is 5.94. The van der Waals surface area contributed by atoms with Crippen molar-refractivity contribution in [2.24, 2.45) is 0 Å². The molecule has 0 N–H and O–H groups in total. The lowest BCUT2D eigenvalue weighted by atomic mass is 9.69. The number of nitrogens with zero attached hydrogens (tertiary/aromatic N) is 3. The van der Waals surface area contributed by atoms with Crippen LogP contribution in [-0.4, -0.2) is 94.4 Å². The van der Waals surface area contributed by atoms with Crippen molar-refractivity contribution in [3.05, 3.63) is 95.1 Å². The summed E-state index contributed by atoms with van der Waals surface area (Å²) >= 11 is 0. The summed E-state index contributed by atoms with van der Waals surface area (Å²) in [6, 6.07) is 25.4. The molecule has 2 fully saturated rings. The van der Waals surface area contributed by atoms with E-state index in [0.717, 1.165) is 88.9 Å². The molecule has 2 aliphatic heterocycles. The Bertz CT molecular complexity index is 1210. The molecule has 0 unspecified atom stereocenters. The molecule has 3 aromatic rings. The van der Waals surface area contributed by atoms with Crippen LogP contribution in [-0.2, 0) is 16.7 Å². The highest BCUT2D eigenvalue weighted by Crippen LogP contribution is 2.41. The van der Waals surface area contributed by atoms with Gasteiger partial charge in [0, 0.05) is 63.9 Å². The molecule has 7 heteroatoms. The van der Waals surface area contributed by atoms with E-state index in [2.05, 4.69) is 70.5 Å². The first kappa shape index (κ1) is 29.1. The van der Waals surface area contributed by atoms with Gasteiger partial charge < -0.3 is 19.1 Å². The smallest absolute Gasteiger partial charge is 0.253 e. The maximum Gasteiger partial charge on any atom is 0.253 e. The second-order valence-electron chi connectivity index (χ2n) is 11.2. The fourth-order valence-electron chi connectivity index (χ4n) is 6.33. The molecule has 41 heavy (non-hydrogen) atoms. The van der Waals surface area contributed by atoms with E-state index in [1.165, 1.54) is 16.7 Å². The minimum Gasteiger partial charge on any atom is -0.497 e. The highest BCUT2D eigenvalue weighted by atomic mass is 16.5. The molecular formula is C34H43N3O4. The lowest BCUT2D eigenvalue weighted by Crippen LogP contribution is -2.49. The Kier molecular flexibility index (Phi) is 9.60. The van der Waals surface area contributed by atoms with Crippen molar-refractivity contribution in [3.8, 4) is 11.5 Å². The monoisotopic (exact) mass is 557 g/mol. The molecule has 0 aromatic heterocycles. The van der Waals surface area contributed by atoms with Gasteiger partial charge in [0.25, 0.3) is 5.91 Å². The van der Waals surface area contributed by atoms with Gasteiger partial charge in [-0.15, -0.1) is 0 Å². The summed E-state index contributed by atoms with van der Waals surface area (Å²) in [6.45, 7) is 7.77. The summed E-state index contributed by atoms with van der Waals surface area (Å²) in [6.07, 6.45) is 2.18. The molecule has 0 spiro atoms. The van der Waals surface area contributed by atoms with Crippen LogP contribution in [0, 0.1) is 0 Å². The predicted molar refractivity (Wildman–Crippen MR) is 162 cm³/mol. The van der Waals surface area contributed by atoms with E-state index in [-0.39, 0.29) is 11.3 Å². The van der Waals surface area contributed by atoms with Crippen LogP contribution in [0.15, 0.2) is 72.8 Å². The zero-order valence-corrected chi connectivity index (χ0v) is 24.7. The zero-order chi connectivity index (χ0) is 28.7. The van der Waals surface area contributed by atoms with Gasteiger partial charge in [0.2, 0.25) is 0 Å². The van der Waals surface area contributed by atoms with Crippen molar-refractivity contribution in [1.29, 1.82) is 0 Å². The van der Waals surface area contributed by atoms with Gasteiger partial charge in [-0.3, -0.25) is 14.6 Å². The molecule has 2 aliphatic rings. The minimum atomic E-state index is -0.127. The van der Waals surface area contributed by atoms with Crippen LogP contribution in [0.25, 0.3) is 0 Å². The number of hydrogen-bond donors (Lipinski definition) is 0. The molecule has 0 radical (unpaired) electrons. The molecule has 0 bridgehead atoms. The van der Waals surface area contributed by atoms with E-state index in [9.17, 15) is 4.79 Å². The Balaban J connectivity index is 1.28. The van der Waals surface area contributed by atoms with E-state index in [0.29, 0.717) is 0 Å². The number of likely N-dealkylation sites (tertiary alicyclic amines) is 1. The number of piperidine rings is 1. The van der Waals surface area contributed by atoms with Gasteiger partial charge >= 0.3 is 0 Å². The molecule has 0 aliphatic carbocycles. The summed E-state index contributed by atoms with van der Waals surface area (Å²) in [5, 5.41) is 0. The lowest BCUT2D eigenvalue weighted by Gasteiger charge is -2.44. The van der Waals surface area contributed by atoms with Crippen LogP contribution in [0.2, 0.25) is 0 Å². The number of carbonyl (C=O) groups is 1. The summed E-state index contributed by atoms with van der Waals surface area (Å²) in [4.78, 5) is 20.0. The van der Waals surface area contributed by atoms with E-state index >= 15 is 0 Å². The molecule has 218 valence electrons. The summed E-state index contributed by atoms with van der Waals surface area (Å²) in [5.74, 6) is 1.86. The third-order valence-electron chi connectivity index (χ3n) is 8.73. The number of carbonyl (C=O) groups excluding carboxylic acids is 1. The molecule has 0 atom stereocenters. The van der Waals surface area contributed by atoms with Crippen molar-refractivity contribution in [3.63, 3.8) is 0 Å². The topological polar surface area (TPSA) is 54.5 Å². The Labute approximate surface area is 244 Å². The van der Waals surface area contributed by atoms with E-state index in [1.807, 2.05) is 17.0 Å². The van der Waals surface area contributed by atoms with Crippen molar-refractivity contribution in [1.82, 2.24) is 14.7 Å². The second-order valence-corrected chi connectivity index (χ2v) is 11.2. The van der Waals surface area contributed by atoms with Crippen LogP contribution >= 0.6 is 0 Å². The SMILES string of the molecule is COCCN1CCN(C(=O)c2ccc(CN3CCCC(c4ccc(OC)cc4)(c4ccc(OC)cc4)C3)cc2)CC1. The Hall–Kier alpha value is -3.39. The molecule has 0 saturated carbocycles. The van der Waals surface area contributed by atoms with Crippen LogP contribution in [0.3, 0.4) is 0 Å². The maximum atomic E-state index is 13.2. The third-order valence-corrected chi connectivity index (χ3v) is 8.73. The summed E-state index contributed by atoms with van der Waals surface area (Å²) in [5.41, 5.74) is 4.47. The average Bonchev–Trinajstić information content (AvgIpc) is 3.04. The molecule has 7 nitrogen and oxygen atoms in total. The maximum absolute atomic E-state index is 13.2. The first-order valence-electron chi connectivity index (χ1n) is 14.7. The highest BCUT2D eigenvalue weighted by Gasteiger charge is 2.39. The van der Waals surface area contributed by atoms with Crippen LogP contribution in [0.4, 0.5) is 0 Å². The van der Waals surface area contributed by atoms with Crippen molar-refractivity contribution < 1.29 is 19.0 Å². The number of ether oxygens (including phenoxy) is 3. The fourth-order valence-corrected chi connectivity index (χ4v) is 6.33. The Morgan fingerprint density at radius 1 is 0.732 bits per heavy atom. The minimum absolute atomic E-state index is 0.124. The van der Waals surface area contributed by atoms with Gasteiger partial charge in [-0.25, -0.2) is 0 Å². The van der Waals surface area contributed by atoms with Crippen LogP contribution < -0.4 is 9.47 Å². The number of benzene rings is 3. The Morgan fingerprint density at radius 3 is 1.85 bits per heavy atom. The summed E-state index contributed by atoms with van der Waals surface area (Å²) < 4.78 is 16.1. The van der Waals surface area contributed by atoms with Crippen LogP contribution in [0.5, 0.6) is 11.5 Å². The summed E-state index contributed by atoms with van der Waals surface area (Å²) in [7, 11) is 5.15. The van der Waals surface area contributed by atoms with Gasteiger partial charge in [-0.05, 0) is 72.5 Å². The van der Waals surface area contributed by atoms with Gasteiger partial charge in [0.15, 0.2) is 0 Å². The van der Waals surface area contributed by atoms with E-state index in [1.54, 1.807) is 21.3 Å². The third kappa shape index (κ3) is 6.75. The largest absolute Gasteiger partial charge is 0.497 e. The van der Waals surface area contributed by atoms with E-state index in [4.69, 9.17) is 14.2 Å². The number of amides is 1. The van der Waals surface area contributed by atoms with E-state index < -0.39 is 0 Å². The normalized spacial score (nSPS) is 17.8. The molecule has 1 amide bonds. The number of piperazine rings is 1. The van der Waals surface area contributed by atoms with Gasteiger partial charge in [0.1, 0.15) is 11.5 Å². The average molecular weight is 558 g/mol. The van der Waals surface area contributed by atoms with Crippen molar-refractivity contribution >= 4 is 5.91 Å². The molecule has 2 saturated heterocycles. The molecule has 3 aromatic carbocycles. The predicted octanol–water partition coefficient (Wildman–Crippen LogP) is 4.69. The first-order valence-corrected chi connectivity index (χ1v) is 14.7. The zero-order valence-electron chi connectivity index (χ0n) is 24.7. The quantitative estimate of drug-likeness (QED) is 0.361. The van der Waals surface area contributed by atoms with Gasteiger partial charge in [0.05, 0.1) is 20.8 Å². The van der Waals surface area contributed by atoms with Gasteiger partial charge in [-0.1, -0.05) is 36.4 Å². The van der Waals surface area contributed by atoms with Gasteiger partial charge in [-0.2, -0.15) is 0 Å². The van der Waals surface area contributed by atoms with Crippen molar-refractivity contribution in [2.45, 2.75) is 24.8 Å². The van der Waals surface area contributed by atoms with Crippen molar-refractivity contribution in [2.75, 3.05) is 73.7 Å². The molecule has 5 rings (SSSR count). The lowest BCUT2D eigenvalue weighted by molar-refractivity contribution is 0.0594. The fraction of sp³-hybridized carbons (Fsp3) is 0.441. The Morgan fingerprint density at radius 2 is 1.32 bits per heavy atom. The standard InChI is InChI=1S/C34H43N3O4/c1-39-24-23-35-19-21-37(22-20-35)33(38)28-7-5-27(6-8-28)25-36-18-4-17-34(26-36,29-9-13-31(40-2)14-10-29)30-11-15-32(41-3)16-12-30/h5-16H,4,17-26H2,1-3H3. The van der Waals surface area contributed by atoms with Crippen LogP contribution in [0.1, 0.15) is 39.9 Å². The number of rotatable bonds is 10. The number of hydrogen-bond acceptors (Lipinski definition) is 6. The first-order chi connectivity index (χ1) is 20.0. The second kappa shape index (κ2) is 13.5. The molecule has 2 heterocycles.